The Labute approximate surface area is 153 Å². The average molecular weight is 360 g/mol. The third-order valence-electron chi connectivity index (χ3n) is 4.03. The van der Waals surface area contributed by atoms with Crippen LogP contribution in [0, 0.1) is 5.92 Å². The van der Waals surface area contributed by atoms with Crippen LogP contribution in [0.3, 0.4) is 0 Å². The Bertz CT molecular complexity index is 721. The van der Waals surface area contributed by atoms with Crippen LogP contribution in [0.25, 0.3) is 0 Å². The van der Waals surface area contributed by atoms with Crippen LogP contribution in [-0.2, 0) is 23.9 Å². The number of hydrogen-bond acceptors (Lipinski definition) is 6. The number of rotatable bonds is 7. The van der Waals surface area contributed by atoms with E-state index in [0.717, 1.165) is 5.56 Å². The highest BCUT2D eigenvalue weighted by Gasteiger charge is 2.39. The van der Waals surface area contributed by atoms with Gasteiger partial charge in [0.05, 0.1) is 0 Å². The molecule has 1 heterocycles. The summed E-state index contributed by atoms with van der Waals surface area (Å²) in [5.74, 6) is -0.101. The van der Waals surface area contributed by atoms with Gasteiger partial charge in [-0.1, -0.05) is 26.5 Å². The van der Waals surface area contributed by atoms with E-state index in [4.69, 9.17) is 14.2 Å². The van der Waals surface area contributed by atoms with E-state index in [1.165, 1.54) is 6.92 Å². The third-order valence-corrected chi connectivity index (χ3v) is 4.03. The Kier molecular flexibility index (Phi) is 6.18. The summed E-state index contributed by atoms with van der Waals surface area (Å²) in [7, 11) is 0. The summed E-state index contributed by atoms with van der Waals surface area (Å²) in [5.41, 5.74) is 1.56. The summed E-state index contributed by atoms with van der Waals surface area (Å²) in [4.78, 5) is 34.5. The first-order valence-corrected chi connectivity index (χ1v) is 8.54. The summed E-state index contributed by atoms with van der Waals surface area (Å²) in [6, 6.07) is 5.26. The molecular formula is C20H24O6. The van der Waals surface area contributed by atoms with Crippen molar-refractivity contribution in [2.24, 2.45) is 5.92 Å². The number of esters is 2. The van der Waals surface area contributed by atoms with Crippen molar-refractivity contribution in [2.45, 2.75) is 52.4 Å². The second-order valence-electron chi connectivity index (χ2n) is 6.79. The minimum Gasteiger partial charge on any atom is -0.481 e. The highest BCUT2D eigenvalue weighted by Crippen LogP contribution is 2.42. The number of ether oxygens (including phenoxy) is 3. The first kappa shape index (κ1) is 19.7. The topological polar surface area (TPSA) is 78.9 Å². The van der Waals surface area contributed by atoms with Gasteiger partial charge in [-0.2, -0.15) is 0 Å². The number of carbonyl (C=O) groups is 3. The lowest BCUT2D eigenvalue weighted by Crippen LogP contribution is -2.26. The zero-order chi connectivity index (χ0) is 19.4. The van der Waals surface area contributed by atoms with Gasteiger partial charge in [-0.05, 0) is 30.5 Å². The van der Waals surface area contributed by atoms with Crippen LogP contribution >= 0.6 is 0 Å². The van der Waals surface area contributed by atoms with E-state index in [1.807, 2.05) is 13.8 Å². The molecule has 0 amide bonds. The van der Waals surface area contributed by atoms with Gasteiger partial charge in [0.15, 0.2) is 12.2 Å². The van der Waals surface area contributed by atoms with E-state index in [1.54, 1.807) is 25.1 Å². The molecule has 0 spiro atoms. The predicted octanol–water partition coefficient (Wildman–Crippen LogP) is 3.46. The second-order valence-corrected chi connectivity index (χ2v) is 6.79. The minimum absolute atomic E-state index is 0.146. The molecular weight excluding hydrogens is 336 g/mol. The van der Waals surface area contributed by atoms with Gasteiger partial charge in [-0.3, -0.25) is 14.4 Å². The molecule has 3 atom stereocenters. The van der Waals surface area contributed by atoms with E-state index >= 15 is 0 Å². The van der Waals surface area contributed by atoms with Gasteiger partial charge in [0.2, 0.25) is 0 Å². The van der Waals surface area contributed by atoms with Crippen molar-refractivity contribution in [3.8, 4) is 5.75 Å². The van der Waals surface area contributed by atoms with Crippen LogP contribution in [0.4, 0.5) is 0 Å². The molecule has 1 aliphatic heterocycles. The fourth-order valence-electron chi connectivity index (χ4n) is 2.81. The van der Waals surface area contributed by atoms with E-state index in [0.29, 0.717) is 17.6 Å². The molecule has 6 nitrogen and oxygen atoms in total. The van der Waals surface area contributed by atoms with Gasteiger partial charge in [0.25, 0.3) is 0 Å². The van der Waals surface area contributed by atoms with Crippen molar-refractivity contribution in [1.82, 2.24) is 0 Å². The number of carbonyl (C=O) groups excluding carboxylic acids is 3. The predicted molar refractivity (Wildman–Crippen MR) is 94.5 cm³/mol. The monoisotopic (exact) mass is 360 g/mol. The molecule has 0 radical (unpaired) electrons. The maximum absolute atomic E-state index is 12.2. The smallest absolute Gasteiger partial charge is 0.306 e. The number of hydrogen-bond donors (Lipinski definition) is 0. The lowest BCUT2D eigenvalue weighted by Gasteiger charge is -2.20. The maximum atomic E-state index is 12.2. The first-order chi connectivity index (χ1) is 12.2. The van der Waals surface area contributed by atoms with Crippen molar-refractivity contribution >= 4 is 18.2 Å². The zero-order valence-electron chi connectivity index (χ0n) is 15.5. The molecule has 1 aromatic rings. The SMILES string of the molecule is C=C(C=O)[C@H]1Oc2ccc([C@H](C)OC(C)=O)cc2[C@H]1OC(=O)CC(C)C. The molecule has 0 aromatic heterocycles. The Hall–Kier alpha value is -2.63. The average Bonchev–Trinajstić information content (AvgIpc) is 2.90. The number of benzene rings is 1. The van der Waals surface area contributed by atoms with Gasteiger partial charge in [0, 0.05) is 24.5 Å². The summed E-state index contributed by atoms with van der Waals surface area (Å²) in [5, 5.41) is 0. The molecule has 140 valence electrons. The Morgan fingerprint density at radius 1 is 1.31 bits per heavy atom. The highest BCUT2D eigenvalue weighted by atomic mass is 16.6. The molecule has 0 fully saturated rings. The molecule has 0 saturated heterocycles. The lowest BCUT2D eigenvalue weighted by molar-refractivity contribution is -0.153. The first-order valence-electron chi connectivity index (χ1n) is 8.54. The normalized spacial score (nSPS) is 19.3. The highest BCUT2D eigenvalue weighted by molar-refractivity contribution is 5.76. The van der Waals surface area contributed by atoms with Crippen molar-refractivity contribution in [1.29, 1.82) is 0 Å². The van der Waals surface area contributed by atoms with Gasteiger partial charge in [-0.25, -0.2) is 0 Å². The molecule has 2 rings (SSSR count). The van der Waals surface area contributed by atoms with Crippen LogP contribution in [-0.4, -0.2) is 24.3 Å². The number of fused-ring (bicyclic) bond motifs is 1. The molecule has 26 heavy (non-hydrogen) atoms. The Morgan fingerprint density at radius 2 is 2.00 bits per heavy atom. The molecule has 0 unspecified atom stereocenters. The Morgan fingerprint density at radius 3 is 2.58 bits per heavy atom. The molecule has 0 aliphatic carbocycles. The molecule has 0 bridgehead atoms. The van der Waals surface area contributed by atoms with Crippen LogP contribution in [0.1, 0.15) is 57.5 Å². The summed E-state index contributed by atoms with van der Waals surface area (Å²) in [6.45, 7) is 10.6. The minimum atomic E-state index is -0.766. The van der Waals surface area contributed by atoms with Gasteiger partial charge in [0.1, 0.15) is 18.1 Å². The maximum Gasteiger partial charge on any atom is 0.306 e. The second kappa shape index (κ2) is 8.17. The molecule has 0 saturated carbocycles. The summed E-state index contributed by atoms with van der Waals surface area (Å²) < 4.78 is 16.6. The van der Waals surface area contributed by atoms with Gasteiger partial charge in [-0.15, -0.1) is 0 Å². The van der Waals surface area contributed by atoms with E-state index < -0.39 is 18.3 Å². The fourth-order valence-corrected chi connectivity index (χ4v) is 2.81. The van der Waals surface area contributed by atoms with Crippen molar-refractivity contribution in [3.63, 3.8) is 0 Å². The van der Waals surface area contributed by atoms with Crippen molar-refractivity contribution in [2.75, 3.05) is 0 Å². The van der Waals surface area contributed by atoms with E-state index in [9.17, 15) is 14.4 Å². The van der Waals surface area contributed by atoms with Crippen molar-refractivity contribution in [3.05, 3.63) is 41.5 Å². The van der Waals surface area contributed by atoms with E-state index in [2.05, 4.69) is 6.58 Å². The zero-order valence-corrected chi connectivity index (χ0v) is 15.5. The Balaban J connectivity index is 2.33. The molecule has 1 aliphatic rings. The van der Waals surface area contributed by atoms with E-state index in [-0.39, 0.29) is 29.9 Å². The number of aldehydes is 1. The largest absolute Gasteiger partial charge is 0.481 e. The van der Waals surface area contributed by atoms with Gasteiger partial charge < -0.3 is 14.2 Å². The molecule has 6 heteroatoms. The van der Waals surface area contributed by atoms with Crippen LogP contribution < -0.4 is 4.74 Å². The van der Waals surface area contributed by atoms with Crippen LogP contribution in [0.5, 0.6) is 5.75 Å². The standard InChI is InChI=1S/C20H24O6/c1-11(2)8-18(23)26-20-16-9-15(13(4)24-14(5)22)6-7-17(16)25-19(20)12(3)10-21/h6-7,9-11,13,19-20H,3,8H2,1-2,4-5H3/t13-,19+,20+/m0/s1. The van der Waals surface area contributed by atoms with Crippen LogP contribution in [0.15, 0.2) is 30.4 Å². The summed E-state index contributed by atoms with van der Waals surface area (Å²) in [6.07, 6.45) is -1.13. The lowest BCUT2D eigenvalue weighted by atomic mass is 9.98. The van der Waals surface area contributed by atoms with Crippen LogP contribution in [0.2, 0.25) is 0 Å². The molecule has 0 N–H and O–H groups in total. The molecule has 1 aromatic carbocycles. The van der Waals surface area contributed by atoms with Gasteiger partial charge >= 0.3 is 11.9 Å². The third kappa shape index (κ3) is 4.50. The summed E-state index contributed by atoms with van der Waals surface area (Å²) >= 11 is 0. The quantitative estimate of drug-likeness (QED) is 0.421. The fraction of sp³-hybridized carbons (Fsp3) is 0.450. The van der Waals surface area contributed by atoms with Crippen molar-refractivity contribution < 1.29 is 28.6 Å².